The quantitative estimate of drug-likeness (QED) is 0.0233. The van der Waals surface area contributed by atoms with Crippen molar-refractivity contribution in [3.63, 3.8) is 0 Å². The SMILES string of the molecule is C=C(C)C(=O)OC(C)C(F)(F)C(=O)OC(C)(C)C.C=C(C)C(=O)OC(CC(C)(O)C(F)(F)F)C1CCCCC1.C=C(C)C(=O)OC(CC)(CC)CCCCC.C=C(C)C(=O)OC1(CC)CCCCCCC1.C=C(C)C(=O)OCC(F)(F)F.C=C(COCCC(C)(O)C(F)(F)F)C(=O)OCC. The van der Waals surface area contributed by atoms with Crippen molar-refractivity contribution in [1.29, 1.82) is 0 Å². The fourth-order valence-corrected chi connectivity index (χ4v) is 8.72. The summed E-state index contributed by atoms with van der Waals surface area (Å²) >= 11 is 0. The number of carbonyl (C=O) groups is 7. The zero-order chi connectivity index (χ0) is 79.1. The first-order valence-corrected chi connectivity index (χ1v) is 33.5. The van der Waals surface area contributed by atoms with Gasteiger partial charge in [-0.25, -0.2) is 33.6 Å². The molecule has 2 rings (SSSR count). The zero-order valence-electron chi connectivity index (χ0n) is 61.8. The lowest BCUT2D eigenvalue weighted by molar-refractivity contribution is -0.263. The molecule has 100 heavy (non-hydrogen) atoms. The third-order valence-electron chi connectivity index (χ3n) is 15.5. The van der Waals surface area contributed by atoms with E-state index in [-0.39, 0.29) is 71.2 Å². The minimum Gasteiger partial charge on any atom is -0.463 e. The third-order valence-corrected chi connectivity index (χ3v) is 15.5. The van der Waals surface area contributed by atoms with E-state index in [2.05, 4.69) is 86.1 Å². The number of alkyl halides is 11. The van der Waals surface area contributed by atoms with Gasteiger partial charge in [-0.2, -0.15) is 48.3 Å². The van der Waals surface area contributed by atoms with Crippen LogP contribution in [0.2, 0.25) is 0 Å². The molecule has 0 heterocycles. The van der Waals surface area contributed by atoms with Crippen LogP contribution >= 0.6 is 0 Å². The van der Waals surface area contributed by atoms with Crippen molar-refractivity contribution in [2.75, 3.05) is 26.4 Å². The maximum Gasteiger partial charge on any atom is 0.422 e. The summed E-state index contributed by atoms with van der Waals surface area (Å²) in [5, 5.41) is 18.8. The molecule has 0 amide bonds. The number of hydrogen-bond donors (Lipinski definition) is 2. The molecule has 2 N–H and O–H groups in total. The van der Waals surface area contributed by atoms with Crippen molar-refractivity contribution in [2.24, 2.45) is 5.92 Å². The molecule has 0 aromatic rings. The summed E-state index contributed by atoms with van der Waals surface area (Å²) in [7, 11) is 0. The van der Waals surface area contributed by atoms with Gasteiger partial charge in [-0.15, -0.1) is 0 Å². The molecule has 4 atom stereocenters. The summed E-state index contributed by atoms with van der Waals surface area (Å²) in [6.07, 6.45) is 1.64. The Morgan fingerprint density at radius 2 is 0.970 bits per heavy atom. The predicted octanol–water partition coefficient (Wildman–Crippen LogP) is 18.0. The molecule has 0 aromatic heterocycles. The van der Waals surface area contributed by atoms with Gasteiger partial charge in [-0.05, 0) is 160 Å². The Balaban J connectivity index is -0.000000558. The number of rotatable bonds is 29. The van der Waals surface area contributed by atoms with E-state index in [9.17, 15) is 87.0 Å². The highest BCUT2D eigenvalue weighted by atomic mass is 19.4. The molecule has 0 bridgehead atoms. The number of aliphatic hydroxyl groups is 2. The molecule has 0 spiro atoms. The fraction of sp³-hybridized carbons (Fsp3) is 0.736. The molecule has 4 unspecified atom stereocenters. The summed E-state index contributed by atoms with van der Waals surface area (Å²) in [6.45, 7) is 42.8. The highest BCUT2D eigenvalue weighted by Crippen LogP contribution is 2.40. The van der Waals surface area contributed by atoms with E-state index in [0.717, 1.165) is 78.1 Å². The highest BCUT2D eigenvalue weighted by Gasteiger charge is 2.53. The minimum atomic E-state index is -4.75. The van der Waals surface area contributed by atoms with Crippen LogP contribution in [-0.4, -0.2) is 143 Å². The monoisotopic (exact) mass is 1460 g/mol. The molecule has 0 radical (unpaired) electrons. The predicted molar refractivity (Wildman–Crippen MR) is 358 cm³/mol. The van der Waals surface area contributed by atoms with Crippen LogP contribution in [0.15, 0.2) is 72.9 Å². The average Bonchev–Trinajstić information content (AvgIpc) is 0.846. The lowest BCUT2D eigenvalue weighted by atomic mass is 9.81. The van der Waals surface area contributed by atoms with Gasteiger partial charge in [0.15, 0.2) is 23.9 Å². The molecule has 0 aromatic carbocycles. The van der Waals surface area contributed by atoms with Crippen molar-refractivity contribution in [2.45, 2.75) is 310 Å². The Morgan fingerprint density at radius 3 is 1.36 bits per heavy atom. The Labute approximate surface area is 585 Å². The number of ether oxygens (including phenoxy) is 8. The van der Waals surface area contributed by atoms with Crippen LogP contribution in [0.3, 0.4) is 0 Å². The van der Waals surface area contributed by atoms with E-state index in [0.29, 0.717) is 30.9 Å². The van der Waals surface area contributed by atoms with Crippen molar-refractivity contribution in [3.8, 4) is 0 Å². The molecule has 2 saturated carbocycles. The minimum absolute atomic E-state index is 0.0171. The summed E-state index contributed by atoms with van der Waals surface area (Å²) in [6, 6.07) is 0. The largest absolute Gasteiger partial charge is 0.463 e. The molecule has 2 aliphatic rings. The van der Waals surface area contributed by atoms with Crippen molar-refractivity contribution in [1.82, 2.24) is 0 Å². The Kier molecular flexibility index (Phi) is 47.3. The first kappa shape index (κ1) is 100. The van der Waals surface area contributed by atoms with E-state index >= 15 is 0 Å². The maximum atomic E-state index is 13.6. The number of esters is 7. The average molecular weight is 1460 g/mol. The van der Waals surface area contributed by atoms with E-state index in [1.54, 1.807) is 20.8 Å². The molecule has 0 saturated heterocycles. The van der Waals surface area contributed by atoms with Gasteiger partial charge in [-0.1, -0.05) is 119 Å². The second-order valence-electron chi connectivity index (χ2n) is 26.4. The Bertz CT molecular complexity index is 2580. The second-order valence-corrected chi connectivity index (χ2v) is 26.4. The molecular formula is C72H115F11O17. The van der Waals surface area contributed by atoms with Crippen LogP contribution in [0.25, 0.3) is 0 Å². The number of unbranched alkanes of at least 4 members (excludes halogenated alkanes) is 2. The van der Waals surface area contributed by atoms with Gasteiger partial charge >= 0.3 is 66.2 Å². The molecule has 2 fully saturated rings. The summed E-state index contributed by atoms with van der Waals surface area (Å²) < 4.78 is 175. The van der Waals surface area contributed by atoms with Crippen LogP contribution in [0.5, 0.6) is 0 Å². The van der Waals surface area contributed by atoms with Gasteiger partial charge in [-0.3, -0.25) is 0 Å². The van der Waals surface area contributed by atoms with E-state index < -0.39 is 103 Å². The normalized spacial score (nSPS) is 16.0. The molecule has 0 aliphatic heterocycles. The Hall–Kier alpha value is -6.16. The second kappa shape index (κ2) is 47.2. The van der Waals surface area contributed by atoms with Gasteiger partial charge in [0.25, 0.3) is 0 Å². The first-order chi connectivity index (χ1) is 45.5. The van der Waals surface area contributed by atoms with Crippen LogP contribution < -0.4 is 0 Å². The van der Waals surface area contributed by atoms with Crippen LogP contribution in [0, 0.1) is 5.92 Å². The molecular weight excluding hydrogens is 1350 g/mol. The van der Waals surface area contributed by atoms with Crippen LogP contribution in [0.4, 0.5) is 48.3 Å². The first-order valence-electron chi connectivity index (χ1n) is 33.5. The molecule has 2 aliphatic carbocycles. The van der Waals surface area contributed by atoms with Crippen molar-refractivity contribution in [3.05, 3.63) is 72.9 Å². The molecule has 28 heteroatoms. The van der Waals surface area contributed by atoms with Gasteiger partial charge < -0.3 is 48.1 Å². The number of halogens is 11. The fourth-order valence-electron chi connectivity index (χ4n) is 8.72. The summed E-state index contributed by atoms with van der Waals surface area (Å²) in [5.74, 6) is -9.61. The van der Waals surface area contributed by atoms with Gasteiger partial charge in [0.05, 0.1) is 25.4 Å². The van der Waals surface area contributed by atoms with E-state index in [1.165, 1.54) is 86.5 Å². The zero-order valence-corrected chi connectivity index (χ0v) is 61.8. The topological polar surface area (TPSA) is 234 Å². The maximum absolute atomic E-state index is 13.6. The standard InChI is InChI=1S/C15H23F3O3.C14H24O2.C14H26O2.C12H18F2O4.C11H17F3O4.C6H7F3O2/c1-10(2)13(19)21-12(11-7-5-4-6-8-11)9-14(3,20)15(16,17)18;1-4-14(16-13(15)12(2)3)10-8-6-5-7-9-11-14;1-6-9-10-11-14(7-2,8-3)16-13(15)12(4)5;1-7(2)9(15)17-8(3)12(13,14)10(16)18-11(4,5)6;1-4-18-9(15)8(2)7-17-6-5-10(3,16)11(12,13)14;1-4(2)5(10)11-3-6(7,8)9/h11-12,20H,1,4-9H2,2-3H3;2,4-11H2,1,3H3;4,6-11H2,1-3,5H3;8H,1H2,2-6H3;16H,2,4-7H2,1,3H3;1,3H2,2H3. The molecule has 17 nitrogen and oxygen atoms in total. The highest BCUT2D eigenvalue weighted by molar-refractivity contribution is 5.89. The third kappa shape index (κ3) is 43.6. The van der Waals surface area contributed by atoms with E-state index in [4.69, 9.17) is 24.1 Å². The van der Waals surface area contributed by atoms with Crippen molar-refractivity contribution >= 4 is 41.8 Å². The Morgan fingerprint density at radius 1 is 0.530 bits per heavy atom. The van der Waals surface area contributed by atoms with Gasteiger partial charge in [0.1, 0.15) is 22.9 Å². The summed E-state index contributed by atoms with van der Waals surface area (Å²) in [4.78, 5) is 78.7. The van der Waals surface area contributed by atoms with E-state index in [1.807, 2.05) is 0 Å². The lowest BCUT2D eigenvalue weighted by Gasteiger charge is -2.35. The van der Waals surface area contributed by atoms with Gasteiger partial charge in [0, 0.05) is 40.7 Å². The van der Waals surface area contributed by atoms with Crippen LogP contribution in [0.1, 0.15) is 246 Å². The van der Waals surface area contributed by atoms with Crippen LogP contribution in [-0.2, 0) is 71.5 Å². The summed E-state index contributed by atoms with van der Waals surface area (Å²) in [5.41, 5.74) is -6.12. The van der Waals surface area contributed by atoms with Crippen molar-refractivity contribution < 1.29 is 130 Å². The lowest BCUT2D eigenvalue weighted by Crippen LogP contribution is -2.47. The number of carbonyl (C=O) groups excluding carboxylic acids is 7. The molecule has 582 valence electrons. The smallest absolute Gasteiger partial charge is 0.422 e. The van der Waals surface area contributed by atoms with Gasteiger partial charge in [0.2, 0.25) is 0 Å². The number of hydrogen-bond acceptors (Lipinski definition) is 17.